The number of hydrogen-bond donors (Lipinski definition) is 1. The van der Waals surface area contributed by atoms with Gasteiger partial charge in [-0.2, -0.15) is 0 Å². The predicted molar refractivity (Wildman–Crippen MR) is 105 cm³/mol. The van der Waals surface area contributed by atoms with E-state index in [-0.39, 0.29) is 11.9 Å². The number of carbonyl (C=O) groups is 1. The molecule has 4 nitrogen and oxygen atoms in total. The van der Waals surface area contributed by atoms with E-state index in [0.717, 1.165) is 34.6 Å². The van der Waals surface area contributed by atoms with Crippen molar-refractivity contribution in [1.29, 1.82) is 0 Å². The van der Waals surface area contributed by atoms with Gasteiger partial charge in [-0.15, -0.1) is 0 Å². The number of carbonyl (C=O) groups excluding carboxylic acids is 1. The van der Waals surface area contributed by atoms with E-state index in [0.29, 0.717) is 6.42 Å². The Morgan fingerprint density at radius 3 is 2.42 bits per heavy atom. The largest absolute Gasteiger partial charge is 0.496 e. The maximum Gasteiger partial charge on any atom is 0.261 e. The van der Waals surface area contributed by atoms with Crippen molar-refractivity contribution in [1.82, 2.24) is 5.32 Å². The van der Waals surface area contributed by atoms with Crippen molar-refractivity contribution in [2.45, 2.75) is 52.7 Å². The number of benzene rings is 2. The summed E-state index contributed by atoms with van der Waals surface area (Å²) in [6, 6.07) is 13.7. The summed E-state index contributed by atoms with van der Waals surface area (Å²) in [5.41, 5.74) is 3.24. The highest BCUT2D eigenvalue weighted by Crippen LogP contribution is 2.24. The fourth-order valence-electron chi connectivity index (χ4n) is 2.98. The molecule has 2 atom stereocenters. The van der Waals surface area contributed by atoms with E-state index in [1.165, 1.54) is 0 Å². The summed E-state index contributed by atoms with van der Waals surface area (Å²) in [4.78, 5) is 12.8. The summed E-state index contributed by atoms with van der Waals surface area (Å²) in [7, 11) is 1.66. The predicted octanol–water partition coefficient (Wildman–Crippen LogP) is 4.74. The lowest BCUT2D eigenvalue weighted by atomic mass is 10.0. The number of hydrogen-bond acceptors (Lipinski definition) is 3. The molecular weight excluding hydrogens is 326 g/mol. The molecule has 0 aromatic heterocycles. The van der Waals surface area contributed by atoms with Gasteiger partial charge in [0.2, 0.25) is 0 Å². The average Bonchev–Trinajstić information content (AvgIpc) is 2.64. The average molecular weight is 355 g/mol. The summed E-state index contributed by atoms with van der Waals surface area (Å²) in [6.07, 6.45) is 0.904. The van der Waals surface area contributed by atoms with E-state index in [1.807, 2.05) is 57.2 Å². The van der Waals surface area contributed by atoms with E-state index < -0.39 is 6.10 Å². The summed E-state index contributed by atoms with van der Waals surface area (Å²) in [6.45, 7) is 8.03. The van der Waals surface area contributed by atoms with Crippen LogP contribution in [-0.2, 0) is 4.79 Å². The Morgan fingerprint density at radius 1 is 1.08 bits per heavy atom. The van der Waals surface area contributed by atoms with Crippen LogP contribution in [0.25, 0.3) is 0 Å². The number of ether oxygens (including phenoxy) is 2. The third-order valence-electron chi connectivity index (χ3n) is 4.48. The van der Waals surface area contributed by atoms with Crippen LogP contribution in [0, 0.1) is 13.8 Å². The van der Waals surface area contributed by atoms with Gasteiger partial charge in [-0.3, -0.25) is 4.79 Å². The maximum atomic E-state index is 12.8. The van der Waals surface area contributed by atoms with Gasteiger partial charge in [-0.1, -0.05) is 38.1 Å². The highest BCUT2D eigenvalue weighted by Gasteiger charge is 2.22. The first-order valence-corrected chi connectivity index (χ1v) is 9.16. The van der Waals surface area contributed by atoms with Gasteiger partial charge in [0, 0.05) is 0 Å². The van der Waals surface area contributed by atoms with E-state index in [2.05, 4.69) is 18.3 Å². The molecule has 0 saturated heterocycles. The molecule has 140 valence electrons. The molecular formula is C22H29NO3. The lowest BCUT2D eigenvalue weighted by Crippen LogP contribution is -2.40. The highest BCUT2D eigenvalue weighted by atomic mass is 16.5. The molecule has 0 saturated carbocycles. The second-order valence-corrected chi connectivity index (χ2v) is 6.53. The van der Waals surface area contributed by atoms with Gasteiger partial charge in [0.15, 0.2) is 6.10 Å². The number of aryl methyl sites for hydroxylation is 2. The Balaban J connectivity index is 2.10. The lowest BCUT2D eigenvalue weighted by molar-refractivity contribution is -0.128. The molecule has 0 aliphatic carbocycles. The van der Waals surface area contributed by atoms with E-state index in [4.69, 9.17) is 9.47 Å². The third-order valence-corrected chi connectivity index (χ3v) is 4.48. The number of rotatable bonds is 8. The van der Waals surface area contributed by atoms with Crippen LogP contribution in [0.5, 0.6) is 11.5 Å². The Bertz CT molecular complexity index is 742. The van der Waals surface area contributed by atoms with Crippen molar-refractivity contribution in [3.05, 3.63) is 59.2 Å². The molecule has 0 heterocycles. The minimum absolute atomic E-state index is 0.0535. The summed E-state index contributed by atoms with van der Waals surface area (Å²) in [5, 5.41) is 3.13. The molecule has 1 amide bonds. The normalized spacial score (nSPS) is 13.0. The summed E-state index contributed by atoms with van der Waals surface area (Å²) < 4.78 is 11.2. The van der Waals surface area contributed by atoms with Crippen molar-refractivity contribution in [3.8, 4) is 11.5 Å². The molecule has 0 bridgehead atoms. The molecule has 2 rings (SSSR count). The monoisotopic (exact) mass is 355 g/mol. The van der Waals surface area contributed by atoms with Crippen LogP contribution < -0.4 is 14.8 Å². The first-order chi connectivity index (χ1) is 12.5. The van der Waals surface area contributed by atoms with Crippen molar-refractivity contribution >= 4 is 5.91 Å². The van der Waals surface area contributed by atoms with Crippen LogP contribution in [0.3, 0.4) is 0 Å². The lowest BCUT2D eigenvalue weighted by Gasteiger charge is -2.23. The highest BCUT2D eigenvalue weighted by molar-refractivity contribution is 5.81. The van der Waals surface area contributed by atoms with Gasteiger partial charge in [-0.25, -0.2) is 0 Å². The summed E-state index contributed by atoms with van der Waals surface area (Å²) >= 11 is 0. The second kappa shape index (κ2) is 9.27. The van der Waals surface area contributed by atoms with Gasteiger partial charge < -0.3 is 14.8 Å². The SMILES string of the molecule is CC[C@@H](Oc1cccc(C)c1)C(=O)N[C@H](CC)c1ccc(OC)c(C)c1. The van der Waals surface area contributed by atoms with E-state index in [1.54, 1.807) is 7.11 Å². The van der Waals surface area contributed by atoms with Gasteiger partial charge in [0.05, 0.1) is 13.2 Å². The van der Waals surface area contributed by atoms with Crippen LogP contribution in [0.15, 0.2) is 42.5 Å². The van der Waals surface area contributed by atoms with Gasteiger partial charge in [0.25, 0.3) is 5.91 Å². The molecule has 0 aliphatic rings. The number of amides is 1. The summed E-state index contributed by atoms with van der Waals surface area (Å²) in [5.74, 6) is 1.49. The standard InChI is InChI=1S/C22H29NO3/c1-6-19(17-11-12-21(25-5)16(4)14-17)23-22(24)20(7-2)26-18-10-8-9-15(3)13-18/h8-14,19-20H,6-7H2,1-5H3,(H,23,24)/t19-,20-/m1/s1. The topological polar surface area (TPSA) is 47.6 Å². The quantitative estimate of drug-likeness (QED) is 0.744. The van der Waals surface area contributed by atoms with Crippen molar-refractivity contribution < 1.29 is 14.3 Å². The van der Waals surface area contributed by atoms with Gasteiger partial charge in [0.1, 0.15) is 11.5 Å². The third kappa shape index (κ3) is 5.01. The molecule has 0 radical (unpaired) electrons. The molecule has 26 heavy (non-hydrogen) atoms. The van der Waals surface area contributed by atoms with Crippen LogP contribution in [-0.4, -0.2) is 19.1 Å². The van der Waals surface area contributed by atoms with Crippen molar-refractivity contribution in [2.75, 3.05) is 7.11 Å². The first kappa shape index (κ1) is 19.8. The van der Waals surface area contributed by atoms with Crippen LogP contribution in [0.4, 0.5) is 0 Å². The molecule has 1 N–H and O–H groups in total. The smallest absolute Gasteiger partial charge is 0.261 e. The van der Waals surface area contributed by atoms with Crippen LogP contribution >= 0.6 is 0 Å². The van der Waals surface area contributed by atoms with E-state index in [9.17, 15) is 4.79 Å². The van der Waals surface area contributed by atoms with Crippen molar-refractivity contribution in [2.24, 2.45) is 0 Å². The molecule has 2 aromatic carbocycles. The number of methoxy groups -OCH3 is 1. The minimum atomic E-state index is -0.509. The minimum Gasteiger partial charge on any atom is -0.496 e. The zero-order valence-corrected chi connectivity index (χ0v) is 16.3. The number of nitrogens with one attached hydrogen (secondary N) is 1. The molecule has 0 aliphatic heterocycles. The molecule has 0 spiro atoms. The van der Waals surface area contributed by atoms with Gasteiger partial charge in [-0.05, 0) is 61.6 Å². The molecule has 2 aromatic rings. The first-order valence-electron chi connectivity index (χ1n) is 9.16. The fraction of sp³-hybridized carbons (Fsp3) is 0.409. The Morgan fingerprint density at radius 2 is 1.85 bits per heavy atom. The Hall–Kier alpha value is -2.49. The molecule has 0 fully saturated rings. The molecule has 0 unspecified atom stereocenters. The van der Waals surface area contributed by atoms with Crippen molar-refractivity contribution in [3.63, 3.8) is 0 Å². The second-order valence-electron chi connectivity index (χ2n) is 6.53. The zero-order chi connectivity index (χ0) is 19.1. The Labute approximate surface area is 156 Å². The van der Waals surface area contributed by atoms with Gasteiger partial charge >= 0.3 is 0 Å². The molecule has 4 heteroatoms. The Kier molecular flexibility index (Phi) is 7.07. The van der Waals surface area contributed by atoms with E-state index >= 15 is 0 Å². The zero-order valence-electron chi connectivity index (χ0n) is 16.3. The van der Waals surface area contributed by atoms with Crippen LogP contribution in [0.2, 0.25) is 0 Å². The maximum absolute atomic E-state index is 12.8. The fourth-order valence-corrected chi connectivity index (χ4v) is 2.98. The van der Waals surface area contributed by atoms with Crippen LogP contribution in [0.1, 0.15) is 49.4 Å².